The number of esters is 1. The van der Waals surface area contributed by atoms with Gasteiger partial charge in [0.2, 0.25) is 0 Å². The van der Waals surface area contributed by atoms with Crippen LogP contribution in [0.5, 0.6) is 0 Å². The fourth-order valence-corrected chi connectivity index (χ4v) is 2.33. The summed E-state index contributed by atoms with van der Waals surface area (Å²) in [6.07, 6.45) is 4.97. The lowest BCUT2D eigenvalue weighted by molar-refractivity contribution is -0.134. The summed E-state index contributed by atoms with van der Waals surface area (Å²) in [4.78, 5) is 11.1. The van der Waals surface area contributed by atoms with Crippen molar-refractivity contribution in [2.24, 2.45) is 5.41 Å². The molecule has 1 aliphatic rings. The van der Waals surface area contributed by atoms with Crippen molar-refractivity contribution in [3.05, 3.63) is 22.8 Å². The van der Waals surface area contributed by atoms with Crippen molar-refractivity contribution in [2.45, 2.75) is 47.0 Å². The van der Waals surface area contributed by atoms with Gasteiger partial charge in [-0.1, -0.05) is 31.3 Å². The van der Waals surface area contributed by atoms with Crippen molar-refractivity contribution in [3.63, 3.8) is 0 Å². The minimum absolute atomic E-state index is 0.154. The Hall–Kier alpha value is -1.49. The van der Waals surface area contributed by atoms with Crippen molar-refractivity contribution in [3.8, 4) is 11.8 Å². The standard InChI is InChI=1S/C16H22O2/c1-12(11-15(17)18-5)8-9-14-13(2)7-6-10-16(14,3)4/h11H,6-7,10H2,1-5H3/b12-11+. The van der Waals surface area contributed by atoms with Gasteiger partial charge in [0.05, 0.1) is 7.11 Å². The fourth-order valence-electron chi connectivity index (χ4n) is 2.33. The summed E-state index contributed by atoms with van der Waals surface area (Å²) < 4.78 is 4.58. The van der Waals surface area contributed by atoms with Gasteiger partial charge in [-0.3, -0.25) is 0 Å². The van der Waals surface area contributed by atoms with Crippen molar-refractivity contribution in [1.29, 1.82) is 0 Å². The molecule has 2 nitrogen and oxygen atoms in total. The van der Waals surface area contributed by atoms with Crippen LogP contribution in [0.15, 0.2) is 22.8 Å². The van der Waals surface area contributed by atoms with Crippen LogP contribution in [0.1, 0.15) is 47.0 Å². The predicted octanol–water partition coefficient (Wildman–Crippen LogP) is 3.64. The highest BCUT2D eigenvalue weighted by molar-refractivity contribution is 5.83. The quantitative estimate of drug-likeness (QED) is 0.401. The molecule has 0 aromatic carbocycles. The van der Waals surface area contributed by atoms with E-state index in [1.807, 2.05) is 6.92 Å². The zero-order valence-corrected chi connectivity index (χ0v) is 12.0. The summed E-state index contributed by atoms with van der Waals surface area (Å²) in [5.41, 5.74) is 3.50. The first-order chi connectivity index (χ1) is 8.36. The minimum Gasteiger partial charge on any atom is -0.466 e. The van der Waals surface area contributed by atoms with Crippen LogP contribution in [-0.4, -0.2) is 13.1 Å². The second kappa shape index (κ2) is 5.91. The molecule has 0 unspecified atom stereocenters. The van der Waals surface area contributed by atoms with Crippen molar-refractivity contribution >= 4 is 5.97 Å². The van der Waals surface area contributed by atoms with Gasteiger partial charge in [-0.2, -0.15) is 0 Å². The maximum atomic E-state index is 11.1. The number of carbonyl (C=O) groups is 1. The molecule has 0 heterocycles. The smallest absolute Gasteiger partial charge is 0.331 e. The number of ether oxygens (including phenoxy) is 1. The molecule has 0 aliphatic heterocycles. The molecule has 0 aromatic rings. The van der Waals surface area contributed by atoms with Gasteiger partial charge >= 0.3 is 5.97 Å². The monoisotopic (exact) mass is 246 g/mol. The first-order valence-electron chi connectivity index (χ1n) is 6.35. The molecular weight excluding hydrogens is 224 g/mol. The number of allylic oxidation sites excluding steroid dienone is 3. The van der Waals surface area contributed by atoms with Crippen LogP contribution in [0.4, 0.5) is 0 Å². The average molecular weight is 246 g/mol. The van der Waals surface area contributed by atoms with E-state index in [4.69, 9.17) is 0 Å². The van der Waals surface area contributed by atoms with Gasteiger partial charge in [-0.25, -0.2) is 4.79 Å². The van der Waals surface area contributed by atoms with E-state index in [2.05, 4.69) is 37.3 Å². The minimum atomic E-state index is -0.351. The van der Waals surface area contributed by atoms with Crippen LogP contribution < -0.4 is 0 Å². The molecule has 0 N–H and O–H groups in total. The molecule has 1 aliphatic carbocycles. The van der Waals surface area contributed by atoms with Gasteiger partial charge in [-0.15, -0.1) is 0 Å². The molecule has 18 heavy (non-hydrogen) atoms. The zero-order valence-electron chi connectivity index (χ0n) is 12.0. The van der Waals surface area contributed by atoms with E-state index in [1.165, 1.54) is 37.2 Å². The normalized spacial score (nSPS) is 19.1. The van der Waals surface area contributed by atoms with E-state index in [0.717, 1.165) is 12.0 Å². The molecule has 0 aromatic heterocycles. The lowest BCUT2D eigenvalue weighted by atomic mass is 9.73. The van der Waals surface area contributed by atoms with E-state index in [9.17, 15) is 4.79 Å². The molecule has 0 saturated carbocycles. The Labute approximate surface area is 110 Å². The average Bonchev–Trinajstić information content (AvgIpc) is 2.27. The van der Waals surface area contributed by atoms with Crippen LogP contribution in [0.2, 0.25) is 0 Å². The SMILES string of the molecule is COC(=O)/C=C(\C)C#CC1=C(C)CCCC1(C)C. The second-order valence-corrected chi connectivity index (χ2v) is 5.49. The first kappa shape index (κ1) is 14.6. The van der Waals surface area contributed by atoms with Crippen LogP contribution in [-0.2, 0) is 9.53 Å². The Balaban J connectivity index is 2.97. The molecular formula is C16H22O2. The van der Waals surface area contributed by atoms with Gasteiger partial charge in [0.25, 0.3) is 0 Å². The van der Waals surface area contributed by atoms with Crippen molar-refractivity contribution < 1.29 is 9.53 Å². The summed E-state index contributed by atoms with van der Waals surface area (Å²) in [6.45, 7) is 8.46. The van der Waals surface area contributed by atoms with Crippen molar-refractivity contribution in [2.75, 3.05) is 7.11 Å². The summed E-state index contributed by atoms with van der Waals surface area (Å²) >= 11 is 0. The Bertz CT molecular complexity index is 453. The Kier molecular flexibility index (Phi) is 4.78. The van der Waals surface area contributed by atoms with E-state index in [-0.39, 0.29) is 11.4 Å². The molecule has 0 saturated heterocycles. The first-order valence-corrected chi connectivity index (χ1v) is 6.35. The van der Waals surface area contributed by atoms with Crippen LogP contribution in [0.25, 0.3) is 0 Å². The summed E-state index contributed by atoms with van der Waals surface area (Å²) in [5.74, 6) is 5.95. The molecule has 0 bridgehead atoms. The van der Waals surface area contributed by atoms with Crippen molar-refractivity contribution in [1.82, 2.24) is 0 Å². The molecule has 2 heteroatoms. The van der Waals surface area contributed by atoms with Gasteiger partial charge in [-0.05, 0) is 38.5 Å². The number of carbonyl (C=O) groups excluding carboxylic acids is 1. The maximum absolute atomic E-state index is 11.1. The van der Waals surface area contributed by atoms with E-state index >= 15 is 0 Å². The number of methoxy groups -OCH3 is 1. The molecule has 1 rings (SSSR count). The Morgan fingerprint density at radius 1 is 1.44 bits per heavy atom. The van der Waals surface area contributed by atoms with Gasteiger partial charge in [0.15, 0.2) is 0 Å². The molecule has 0 radical (unpaired) electrons. The third-order valence-electron chi connectivity index (χ3n) is 3.38. The molecule has 0 spiro atoms. The van der Waals surface area contributed by atoms with Crippen LogP contribution in [0, 0.1) is 17.3 Å². The molecule has 0 amide bonds. The van der Waals surface area contributed by atoms with E-state index in [1.54, 1.807) is 0 Å². The highest BCUT2D eigenvalue weighted by Crippen LogP contribution is 2.39. The number of rotatable bonds is 1. The third kappa shape index (κ3) is 3.77. The predicted molar refractivity (Wildman–Crippen MR) is 73.9 cm³/mol. The largest absolute Gasteiger partial charge is 0.466 e. The lowest BCUT2D eigenvalue weighted by Crippen LogP contribution is -2.19. The zero-order chi connectivity index (χ0) is 13.8. The lowest BCUT2D eigenvalue weighted by Gasteiger charge is -2.31. The van der Waals surface area contributed by atoms with Gasteiger partial charge in [0, 0.05) is 17.2 Å². The Morgan fingerprint density at radius 2 is 2.11 bits per heavy atom. The van der Waals surface area contributed by atoms with E-state index < -0.39 is 0 Å². The van der Waals surface area contributed by atoms with Crippen LogP contribution >= 0.6 is 0 Å². The number of hydrogen-bond donors (Lipinski definition) is 0. The highest BCUT2D eigenvalue weighted by Gasteiger charge is 2.27. The maximum Gasteiger partial charge on any atom is 0.331 e. The molecule has 98 valence electrons. The highest BCUT2D eigenvalue weighted by atomic mass is 16.5. The summed E-state index contributed by atoms with van der Waals surface area (Å²) in [6, 6.07) is 0. The van der Waals surface area contributed by atoms with Gasteiger partial charge < -0.3 is 4.74 Å². The Morgan fingerprint density at radius 3 is 2.67 bits per heavy atom. The molecule has 0 fully saturated rings. The number of hydrogen-bond acceptors (Lipinski definition) is 2. The van der Waals surface area contributed by atoms with E-state index in [0.29, 0.717) is 0 Å². The van der Waals surface area contributed by atoms with Crippen LogP contribution in [0.3, 0.4) is 0 Å². The summed E-state index contributed by atoms with van der Waals surface area (Å²) in [7, 11) is 1.37. The third-order valence-corrected chi connectivity index (χ3v) is 3.38. The van der Waals surface area contributed by atoms with Gasteiger partial charge in [0.1, 0.15) is 0 Å². The topological polar surface area (TPSA) is 26.3 Å². The molecule has 0 atom stereocenters. The summed E-state index contributed by atoms with van der Waals surface area (Å²) in [5, 5.41) is 0. The second-order valence-electron chi connectivity index (χ2n) is 5.49. The fraction of sp³-hybridized carbons (Fsp3) is 0.562.